The van der Waals surface area contributed by atoms with E-state index < -0.39 is 0 Å². The molecule has 0 unspecified atom stereocenters. The van der Waals surface area contributed by atoms with Crippen LogP contribution >= 0.6 is 11.8 Å². The van der Waals surface area contributed by atoms with Gasteiger partial charge in [-0.2, -0.15) is 0 Å². The number of rotatable bonds is 7. The van der Waals surface area contributed by atoms with Crippen LogP contribution in [-0.4, -0.2) is 20.4 Å². The summed E-state index contributed by atoms with van der Waals surface area (Å²) in [5.74, 6) is 0.838. The molecule has 3 aromatic rings. The Kier molecular flexibility index (Phi) is 6.09. The molecule has 1 aromatic heterocycles. The first-order valence-corrected chi connectivity index (χ1v) is 9.30. The molecule has 1 N–H and O–H groups in total. The number of aliphatic hydroxyl groups is 1. The average molecular weight is 350 g/mol. The van der Waals surface area contributed by atoms with Crippen molar-refractivity contribution in [3.63, 3.8) is 0 Å². The van der Waals surface area contributed by atoms with Gasteiger partial charge in [-0.3, -0.25) is 0 Å². The molecule has 0 radical (unpaired) electrons. The number of hydrogen-bond donors (Lipinski definition) is 1. The number of aliphatic hydroxyl groups excluding tert-OH is 1. The largest absolute Gasteiger partial charge is 0.390 e. The maximum atomic E-state index is 9.40. The lowest BCUT2D eigenvalue weighted by Crippen LogP contribution is -2.00. The van der Waals surface area contributed by atoms with Crippen LogP contribution < -0.4 is 0 Å². The van der Waals surface area contributed by atoms with Gasteiger partial charge in [0.05, 0.1) is 12.3 Å². The lowest BCUT2D eigenvalue weighted by molar-refractivity contribution is 0.277. The number of benzene rings is 2. The highest BCUT2D eigenvalue weighted by Crippen LogP contribution is 2.20. The molecular formula is C21H22N2OS. The second-order valence-electron chi connectivity index (χ2n) is 5.91. The Labute approximate surface area is 153 Å². The molecule has 0 amide bonds. The second-order valence-corrected chi connectivity index (χ2v) is 6.90. The van der Waals surface area contributed by atoms with Crippen molar-refractivity contribution >= 4 is 17.8 Å². The third-order valence-corrected chi connectivity index (χ3v) is 4.79. The molecule has 25 heavy (non-hydrogen) atoms. The van der Waals surface area contributed by atoms with Crippen molar-refractivity contribution in [3.05, 3.63) is 89.3 Å². The molecule has 0 fully saturated rings. The van der Waals surface area contributed by atoms with E-state index in [2.05, 4.69) is 65.0 Å². The molecule has 0 bridgehead atoms. The maximum Gasteiger partial charge on any atom is 0.168 e. The van der Waals surface area contributed by atoms with E-state index in [1.54, 1.807) is 11.8 Å². The Morgan fingerprint density at radius 3 is 2.56 bits per heavy atom. The van der Waals surface area contributed by atoms with E-state index >= 15 is 0 Å². The van der Waals surface area contributed by atoms with Gasteiger partial charge in [0.15, 0.2) is 5.16 Å². The van der Waals surface area contributed by atoms with E-state index in [1.165, 1.54) is 16.7 Å². The van der Waals surface area contributed by atoms with Gasteiger partial charge in [-0.25, -0.2) is 4.98 Å². The van der Waals surface area contributed by atoms with Gasteiger partial charge in [-0.1, -0.05) is 84.1 Å². The predicted molar refractivity (Wildman–Crippen MR) is 105 cm³/mol. The molecule has 0 aliphatic heterocycles. The molecule has 128 valence electrons. The van der Waals surface area contributed by atoms with Gasteiger partial charge >= 0.3 is 0 Å². The summed E-state index contributed by atoms with van der Waals surface area (Å²) in [5.41, 5.74) is 4.39. The minimum Gasteiger partial charge on any atom is -0.390 e. The lowest BCUT2D eigenvalue weighted by atomic mass is 10.1. The van der Waals surface area contributed by atoms with Gasteiger partial charge in [0.25, 0.3) is 0 Å². The summed E-state index contributed by atoms with van der Waals surface area (Å²) in [6.07, 6.45) is 6.19. The predicted octanol–water partition coefficient (Wildman–Crippen LogP) is 4.54. The van der Waals surface area contributed by atoms with Crippen molar-refractivity contribution in [2.75, 3.05) is 5.75 Å². The van der Waals surface area contributed by atoms with E-state index in [1.807, 2.05) is 24.4 Å². The fourth-order valence-electron chi connectivity index (χ4n) is 2.52. The van der Waals surface area contributed by atoms with Gasteiger partial charge in [0.1, 0.15) is 0 Å². The topological polar surface area (TPSA) is 38.0 Å². The Hall–Kier alpha value is -2.30. The van der Waals surface area contributed by atoms with Crippen LogP contribution in [0.1, 0.15) is 22.4 Å². The van der Waals surface area contributed by atoms with Crippen LogP contribution in [0.4, 0.5) is 0 Å². The highest BCUT2D eigenvalue weighted by Gasteiger charge is 2.08. The highest BCUT2D eigenvalue weighted by molar-refractivity contribution is 7.99. The molecule has 0 atom stereocenters. The van der Waals surface area contributed by atoms with Crippen molar-refractivity contribution in [3.8, 4) is 0 Å². The monoisotopic (exact) mass is 350 g/mol. The van der Waals surface area contributed by atoms with E-state index in [4.69, 9.17) is 0 Å². The zero-order chi connectivity index (χ0) is 17.5. The molecule has 3 nitrogen and oxygen atoms in total. The molecule has 0 aliphatic carbocycles. The van der Waals surface area contributed by atoms with E-state index in [-0.39, 0.29) is 6.61 Å². The molecule has 3 rings (SSSR count). The summed E-state index contributed by atoms with van der Waals surface area (Å²) in [6.45, 7) is 2.82. The quantitative estimate of drug-likeness (QED) is 0.636. The summed E-state index contributed by atoms with van der Waals surface area (Å²) in [6, 6.07) is 18.8. The van der Waals surface area contributed by atoms with Crippen LogP contribution in [0.25, 0.3) is 6.08 Å². The SMILES string of the molecule is Cc1ccc(Cn2cc(CO)nc2SC/C=C/c2ccccc2)cc1. The smallest absolute Gasteiger partial charge is 0.168 e. The summed E-state index contributed by atoms with van der Waals surface area (Å²) >= 11 is 1.68. The lowest BCUT2D eigenvalue weighted by Gasteiger charge is -2.07. The highest BCUT2D eigenvalue weighted by atomic mass is 32.2. The summed E-state index contributed by atoms with van der Waals surface area (Å²) < 4.78 is 2.11. The fraction of sp³-hybridized carbons (Fsp3) is 0.190. The molecule has 2 aromatic carbocycles. The number of thioether (sulfide) groups is 1. The van der Waals surface area contributed by atoms with Crippen LogP contribution in [0.2, 0.25) is 0 Å². The second kappa shape index (κ2) is 8.70. The first kappa shape index (κ1) is 17.5. The van der Waals surface area contributed by atoms with Crippen LogP contribution in [0.3, 0.4) is 0 Å². The van der Waals surface area contributed by atoms with Gasteiger partial charge in [-0.05, 0) is 18.1 Å². The number of nitrogens with zero attached hydrogens (tertiary/aromatic N) is 2. The number of aromatic nitrogens is 2. The van der Waals surface area contributed by atoms with E-state index in [0.29, 0.717) is 5.69 Å². The van der Waals surface area contributed by atoms with Crippen molar-refractivity contribution in [1.29, 1.82) is 0 Å². The molecular weight excluding hydrogens is 328 g/mol. The fourth-order valence-corrected chi connectivity index (χ4v) is 3.32. The number of imidazole rings is 1. The third kappa shape index (κ3) is 5.08. The Morgan fingerprint density at radius 1 is 1.08 bits per heavy atom. The molecule has 0 spiro atoms. The van der Waals surface area contributed by atoms with Crippen molar-refractivity contribution in [2.45, 2.75) is 25.2 Å². The van der Waals surface area contributed by atoms with Crippen LogP contribution in [0, 0.1) is 6.92 Å². The van der Waals surface area contributed by atoms with E-state index in [0.717, 1.165) is 17.5 Å². The Morgan fingerprint density at radius 2 is 1.84 bits per heavy atom. The molecule has 0 saturated heterocycles. The van der Waals surface area contributed by atoms with Gasteiger partial charge < -0.3 is 9.67 Å². The summed E-state index contributed by atoms with van der Waals surface area (Å²) in [4.78, 5) is 4.53. The van der Waals surface area contributed by atoms with Crippen molar-refractivity contribution < 1.29 is 5.11 Å². The van der Waals surface area contributed by atoms with Crippen molar-refractivity contribution in [2.24, 2.45) is 0 Å². The Balaban J connectivity index is 1.67. The van der Waals surface area contributed by atoms with Gasteiger partial charge in [0.2, 0.25) is 0 Å². The molecule has 4 heteroatoms. The Bertz CT molecular complexity index is 823. The molecule has 0 saturated carbocycles. The van der Waals surface area contributed by atoms with Crippen LogP contribution in [0.15, 0.2) is 72.0 Å². The normalized spacial score (nSPS) is 11.3. The molecule has 1 heterocycles. The third-order valence-electron chi connectivity index (χ3n) is 3.84. The maximum absolute atomic E-state index is 9.40. The summed E-state index contributed by atoms with van der Waals surface area (Å²) in [7, 11) is 0. The van der Waals surface area contributed by atoms with E-state index in [9.17, 15) is 5.11 Å². The molecule has 0 aliphatic rings. The average Bonchev–Trinajstić information content (AvgIpc) is 3.03. The zero-order valence-corrected chi connectivity index (χ0v) is 15.1. The zero-order valence-electron chi connectivity index (χ0n) is 14.3. The van der Waals surface area contributed by atoms with Crippen molar-refractivity contribution in [1.82, 2.24) is 9.55 Å². The standard InChI is InChI=1S/C21H22N2OS/c1-17-9-11-19(12-10-17)14-23-15-20(16-24)22-21(23)25-13-5-8-18-6-3-2-4-7-18/h2-12,15,24H,13-14,16H2,1H3/b8-5+. The minimum absolute atomic E-state index is 0.0334. The van der Waals surface area contributed by atoms with Crippen LogP contribution in [0.5, 0.6) is 0 Å². The first-order chi connectivity index (χ1) is 12.2. The minimum atomic E-state index is -0.0334. The van der Waals surface area contributed by atoms with Crippen LogP contribution in [-0.2, 0) is 13.2 Å². The first-order valence-electron chi connectivity index (χ1n) is 8.31. The number of hydrogen-bond acceptors (Lipinski definition) is 3. The van der Waals surface area contributed by atoms with Gasteiger partial charge in [0, 0.05) is 18.5 Å². The van der Waals surface area contributed by atoms with Gasteiger partial charge in [-0.15, -0.1) is 0 Å². The summed E-state index contributed by atoms with van der Waals surface area (Å²) in [5, 5.41) is 10.3. The number of aryl methyl sites for hydroxylation is 1.